The Hall–Kier alpha value is -1.32. The second-order valence-corrected chi connectivity index (χ2v) is 5.91. The number of hydrogen-bond acceptors (Lipinski definition) is 3. The van der Waals surface area contributed by atoms with Crippen molar-refractivity contribution in [2.45, 2.75) is 46.5 Å². The molecular weight excluding hydrogens is 232 g/mol. The van der Waals surface area contributed by atoms with Crippen LogP contribution >= 0.6 is 0 Å². The first-order valence-corrected chi connectivity index (χ1v) is 6.34. The zero-order chi connectivity index (χ0) is 13.8. The van der Waals surface area contributed by atoms with Crippen LogP contribution in [0.2, 0.25) is 0 Å². The number of ether oxygens (including phenoxy) is 1. The quantitative estimate of drug-likeness (QED) is 0.605. The minimum atomic E-state index is -0.975. The van der Waals surface area contributed by atoms with E-state index in [-0.39, 0.29) is 19.4 Å². The summed E-state index contributed by atoms with van der Waals surface area (Å²) in [6.07, 6.45) is 3.89. The van der Waals surface area contributed by atoms with Gasteiger partial charge in [-0.3, -0.25) is 9.59 Å². The van der Waals surface area contributed by atoms with Crippen molar-refractivity contribution in [2.75, 3.05) is 6.61 Å². The zero-order valence-electron chi connectivity index (χ0n) is 11.4. The molecule has 0 atom stereocenters. The molecule has 4 nitrogen and oxygen atoms in total. The van der Waals surface area contributed by atoms with Gasteiger partial charge in [0.2, 0.25) is 0 Å². The molecule has 4 heteroatoms. The van der Waals surface area contributed by atoms with Gasteiger partial charge in [-0.25, -0.2) is 0 Å². The molecule has 1 aliphatic carbocycles. The first-order chi connectivity index (χ1) is 8.29. The first kappa shape index (κ1) is 14.7. The molecule has 0 spiro atoms. The van der Waals surface area contributed by atoms with E-state index in [4.69, 9.17) is 9.84 Å². The highest BCUT2D eigenvalue weighted by Gasteiger charge is 2.32. The minimum absolute atomic E-state index is 0.0525. The van der Waals surface area contributed by atoms with E-state index in [1.165, 1.54) is 5.57 Å². The lowest BCUT2D eigenvalue weighted by Crippen LogP contribution is -2.28. The Morgan fingerprint density at radius 1 is 1.33 bits per heavy atom. The number of hydrogen-bond donors (Lipinski definition) is 1. The molecule has 0 saturated heterocycles. The zero-order valence-corrected chi connectivity index (χ0v) is 11.4. The Kier molecular flexibility index (Phi) is 4.93. The number of carbonyl (C=O) groups excluding carboxylic acids is 1. The summed E-state index contributed by atoms with van der Waals surface area (Å²) in [6, 6.07) is 0. The average Bonchev–Trinajstić information content (AvgIpc) is 2.16. The van der Waals surface area contributed by atoms with Crippen molar-refractivity contribution < 1.29 is 19.4 Å². The molecule has 1 fully saturated rings. The molecule has 0 aromatic heterocycles. The number of carboxylic acid groups (broad SMARTS) is 1. The first-order valence-electron chi connectivity index (χ1n) is 6.34. The van der Waals surface area contributed by atoms with Crippen LogP contribution in [0.4, 0.5) is 0 Å². The molecule has 1 rings (SSSR count). The highest BCUT2D eigenvalue weighted by Crippen LogP contribution is 2.44. The standard InChI is InChI=1S/C14H22O4/c1-14(2,3)11-8-10(9-11)6-7-18-13(17)5-4-12(15)16/h6,11H,4-5,7-9H2,1-3H3,(H,15,16). The smallest absolute Gasteiger partial charge is 0.306 e. The molecule has 0 radical (unpaired) electrons. The van der Waals surface area contributed by atoms with Crippen molar-refractivity contribution >= 4 is 11.9 Å². The lowest BCUT2D eigenvalue weighted by Gasteiger charge is -2.39. The van der Waals surface area contributed by atoms with E-state index in [1.807, 2.05) is 6.08 Å². The van der Waals surface area contributed by atoms with Crippen molar-refractivity contribution in [3.05, 3.63) is 11.6 Å². The van der Waals surface area contributed by atoms with E-state index in [0.717, 1.165) is 12.8 Å². The summed E-state index contributed by atoms with van der Waals surface area (Å²) in [4.78, 5) is 21.4. The third-order valence-corrected chi connectivity index (χ3v) is 3.40. The van der Waals surface area contributed by atoms with Crippen molar-refractivity contribution in [1.29, 1.82) is 0 Å². The van der Waals surface area contributed by atoms with Gasteiger partial charge in [0.1, 0.15) is 6.61 Å². The van der Waals surface area contributed by atoms with Gasteiger partial charge in [0.15, 0.2) is 0 Å². The summed E-state index contributed by atoms with van der Waals surface area (Å²) in [6.45, 7) is 6.98. The van der Waals surface area contributed by atoms with E-state index in [1.54, 1.807) is 0 Å². The Balaban J connectivity index is 2.16. The van der Waals surface area contributed by atoms with Gasteiger partial charge >= 0.3 is 11.9 Å². The minimum Gasteiger partial charge on any atom is -0.481 e. The van der Waals surface area contributed by atoms with E-state index >= 15 is 0 Å². The van der Waals surface area contributed by atoms with Gasteiger partial charge in [0.05, 0.1) is 12.8 Å². The summed E-state index contributed by atoms with van der Waals surface area (Å²) in [7, 11) is 0. The maximum absolute atomic E-state index is 11.1. The molecule has 1 aliphatic rings. The lowest BCUT2D eigenvalue weighted by atomic mass is 9.66. The summed E-state index contributed by atoms with van der Waals surface area (Å²) < 4.78 is 4.94. The van der Waals surface area contributed by atoms with Crippen LogP contribution in [0.25, 0.3) is 0 Å². The summed E-state index contributed by atoms with van der Waals surface area (Å²) in [5.41, 5.74) is 1.68. The normalized spacial score (nSPS) is 19.1. The maximum Gasteiger partial charge on any atom is 0.306 e. The fraction of sp³-hybridized carbons (Fsp3) is 0.714. The highest BCUT2D eigenvalue weighted by atomic mass is 16.5. The van der Waals surface area contributed by atoms with Crippen LogP contribution in [0.3, 0.4) is 0 Å². The van der Waals surface area contributed by atoms with Crippen LogP contribution in [0.5, 0.6) is 0 Å². The second kappa shape index (κ2) is 6.03. The summed E-state index contributed by atoms with van der Waals surface area (Å²) in [5, 5.41) is 8.41. The average molecular weight is 254 g/mol. The van der Waals surface area contributed by atoms with Gasteiger partial charge < -0.3 is 9.84 Å². The predicted molar refractivity (Wildman–Crippen MR) is 68.1 cm³/mol. The molecule has 102 valence electrons. The van der Waals surface area contributed by atoms with Gasteiger partial charge in [-0.15, -0.1) is 0 Å². The van der Waals surface area contributed by atoms with E-state index in [0.29, 0.717) is 11.3 Å². The number of aliphatic carboxylic acids is 1. The fourth-order valence-electron chi connectivity index (χ4n) is 1.89. The number of carboxylic acids is 1. The van der Waals surface area contributed by atoms with Crippen LogP contribution in [-0.4, -0.2) is 23.7 Å². The summed E-state index contributed by atoms with van der Waals surface area (Å²) >= 11 is 0. The molecule has 0 unspecified atom stereocenters. The molecule has 0 amide bonds. The Labute approximate surface area is 108 Å². The van der Waals surface area contributed by atoms with Gasteiger partial charge in [0, 0.05) is 0 Å². The van der Waals surface area contributed by atoms with Crippen molar-refractivity contribution in [2.24, 2.45) is 11.3 Å². The fourth-order valence-corrected chi connectivity index (χ4v) is 1.89. The highest BCUT2D eigenvalue weighted by molar-refractivity contribution is 5.76. The summed E-state index contributed by atoms with van der Waals surface area (Å²) in [5.74, 6) is -0.704. The van der Waals surface area contributed by atoms with Crippen molar-refractivity contribution in [3.8, 4) is 0 Å². The van der Waals surface area contributed by atoms with E-state index < -0.39 is 11.9 Å². The number of allylic oxidation sites excluding steroid dienone is 1. The van der Waals surface area contributed by atoms with Crippen LogP contribution in [0.1, 0.15) is 46.5 Å². The SMILES string of the molecule is CC(C)(C)C1CC(=CCOC(=O)CCC(=O)O)C1. The van der Waals surface area contributed by atoms with Crippen molar-refractivity contribution in [1.82, 2.24) is 0 Å². The van der Waals surface area contributed by atoms with E-state index in [9.17, 15) is 9.59 Å². The van der Waals surface area contributed by atoms with Crippen LogP contribution in [0.15, 0.2) is 11.6 Å². The molecule has 1 N–H and O–H groups in total. The predicted octanol–water partition coefficient (Wildman–Crippen LogP) is 2.78. The molecule has 0 bridgehead atoms. The molecular formula is C14H22O4. The lowest BCUT2D eigenvalue weighted by molar-refractivity contribution is -0.146. The molecule has 0 aromatic rings. The molecule has 0 heterocycles. The number of rotatable bonds is 5. The monoisotopic (exact) mass is 254 g/mol. The maximum atomic E-state index is 11.1. The number of carbonyl (C=O) groups is 2. The topological polar surface area (TPSA) is 63.6 Å². The second-order valence-electron chi connectivity index (χ2n) is 5.91. The molecule has 1 saturated carbocycles. The van der Waals surface area contributed by atoms with Crippen molar-refractivity contribution in [3.63, 3.8) is 0 Å². The Morgan fingerprint density at radius 3 is 2.44 bits per heavy atom. The Bertz CT molecular complexity index is 341. The van der Waals surface area contributed by atoms with Crippen LogP contribution in [0, 0.1) is 11.3 Å². The third kappa shape index (κ3) is 4.90. The third-order valence-electron chi connectivity index (χ3n) is 3.40. The van der Waals surface area contributed by atoms with Gasteiger partial charge in [-0.1, -0.05) is 26.3 Å². The van der Waals surface area contributed by atoms with Gasteiger partial charge in [-0.05, 0) is 30.3 Å². The van der Waals surface area contributed by atoms with Gasteiger partial charge in [-0.2, -0.15) is 0 Å². The van der Waals surface area contributed by atoms with E-state index in [2.05, 4.69) is 20.8 Å². The molecule has 0 aromatic carbocycles. The Morgan fingerprint density at radius 2 is 1.94 bits per heavy atom. The molecule has 0 aliphatic heterocycles. The van der Waals surface area contributed by atoms with Gasteiger partial charge in [0.25, 0.3) is 0 Å². The molecule has 18 heavy (non-hydrogen) atoms. The number of esters is 1. The largest absolute Gasteiger partial charge is 0.481 e. The van der Waals surface area contributed by atoms with Crippen LogP contribution < -0.4 is 0 Å². The van der Waals surface area contributed by atoms with Crippen LogP contribution in [-0.2, 0) is 14.3 Å².